The first kappa shape index (κ1) is 16.8. The zero-order valence-electron chi connectivity index (χ0n) is 12.9. The van der Waals surface area contributed by atoms with Gasteiger partial charge in [-0.05, 0) is 31.7 Å². The molecule has 0 fully saturated rings. The van der Waals surface area contributed by atoms with Crippen LogP contribution in [0.3, 0.4) is 0 Å². The third kappa shape index (κ3) is 3.62. The number of anilines is 1. The number of halogens is 1. The molecule has 0 aliphatic rings. The minimum Gasteiger partial charge on any atom is -0.308 e. The van der Waals surface area contributed by atoms with Crippen LogP contribution in [0.25, 0.3) is 5.69 Å². The fourth-order valence-corrected chi connectivity index (χ4v) is 3.13. The van der Waals surface area contributed by atoms with E-state index in [9.17, 15) is 4.79 Å². The van der Waals surface area contributed by atoms with Crippen molar-refractivity contribution in [2.45, 2.75) is 26.0 Å². The molecule has 0 bridgehead atoms. The van der Waals surface area contributed by atoms with Gasteiger partial charge in [0.25, 0.3) is 0 Å². The van der Waals surface area contributed by atoms with Crippen molar-refractivity contribution in [1.29, 1.82) is 0 Å². The highest BCUT2D eigenvalue weighted by Gasteiger charge is 2.24. The maximum atomic E-state index is 12.6. The van der Waals surface area contributed by atoms with Gasteiger partial charge < -0.3 is 4.90 Å². The van der Waals surface area contributed by atoms with Crippen LogP contribution in [0.1, 0.15) is 20.8 Å². The fourth-order valence-electron chi connectivity index (χ4n) is 2.13. The molecule has 0 aliphatic heterocycles. The first-order valence-electron chi connectivity index (χ1n) is 7.17. The highest BCUT2D eigenvalue weighted by molar-refractivity contribution is 8.00. The summed E-state index contributed by atoms with van der Waals surface area (Å²) in [6, 6.07) is 3.71. The number of aromatic nitrogens is 3. The number of pyridine rings is 1. The number of carbonyl (C=O) groups excluding carboxylic acids is 1. The van der Waals surface area contributed by atoms with Gasteiger partial charge in [-0.1, -0.05) is 18.5 Å². The number of carbonyl (C=O) groups is 1. The van der Waals surface area contributed by atoms with Crippen molar-refractivity contribution in [2.24, 2.45) is 0 Å². The van der Waals surface area contributed by atoms with Crippen molar-refractivity contribution < 1.29 is 4.79 Å². The Labute approximate surface area is 139 Å². The first-order chi connectivity index (χ1) is 10.6. The SMILES string of the molecule is CCSC(C)C(=O)N(CC)c1cn(-c2cccnc2)nc1Cl. The molecule has 0 N–H and O–H groups in total. The highest BCUT2D eigenvalue weighted by Crippen LogP contribution is 2.27. The summed E-state index contributed by atoms with van der Waals surface area (Å²) in [7, 11) is 0. The van der Waals surface area contributed by atoms with Gasteiger partial charge in [-0.2, -0.15) is 5.10 Å². The summed E-state index contributed by atoms with van der Waals surface area (Å²) in [5.74, 6) is 0.939. The maximum absolute atomic E-state index is 12.6. The van der Waals surface area contributed by atoms with Crippen molar-refractivity contribution in [2.75, 3.05) is 17.2 Å². The lowest BCUT2D eigenvalue weighted by Gasteiger charge is -2.22. The van der Waals surface area contributed by atoms with Gasteiger partial charge in [-0.15, -0.1) is 11.8 Å². The summed E-state index contributed by atoms with van der Waals surface area (Å²) in [5.41, 5.74) is 1.43. The number of hydrogen-bond acceptors (Lipinski definition) is 4. The van der Waals surface area contributed by atoms with Crippen LogP contribution in [-0.2, 0) is 4.79 Å². The third-order valence-electron chi connectivity index (χ3n) is 3.20. The van der Waals surface area contributed by atoms with E-state index in [1.54, 1.807) is 39.9 Å². The average molecular weight is 339 g/mol. The number of thioether (sulfide) groups is 1. The molecule has 0 radical (unpaired) electrons. The van der Waals surface area contributed by atoms with Gasteiger partial charge in [0.05, 0.1) is 23.3 Å². The second kappa shape index (κ2) is 7.65. The summed E-state index contributed by atoms with van der Waals surface area (Å²) in [5, 5.41) is 4.48. The summed E-state index contributed by atoms with van der Waals surface area (Å²) >= 11 is 7.86. The fraction of sp³-hybridized carbons (Fsp3) is 0.400. The smallest absolute Gasteiger partial charge is 0.239 e. The molecule has 0 aromatic carbocycles. The van der Waals surface area contributed by atoms with Gasteiger partial charge in [0.15, 0.2) is 5.15 Å². The Bertz CT molecular complexity index is 632. The lowest BCUT2D eigenvalue weighted by molar-refractivity contribution is -0.117. The molecule has 1 atom stereocenters. The largest absolute Gasteiger partial charge is 0.308 e. The molecule has 2 rings (SSSR count). The van der Waals surface area contributed by atoms with Crippen LogP contribution in [-0.4, -0.2) is 38.2 Å². The second-order valence-electron chi connectivity index (χ2n) is 4.64. The Kier molecular flexibility index (Phi) is 5.85. The molecule has 0 aliphatic carbocycles. The van der Waals surface area contributed by atoms with Gasteiger partial charge in [0.2, 0.25) is 5.91 Å². The molecule has 1 unspecified atom stereocenters. The van der Waals surface area contributed by atoms with E-state index < -0.39 is 0 Å². The molecule has 2 aromatic rings. The minimum absolute atomic E-state index is 0.0435. The normalized spacial score (nSPS) is 12.2. The monoisotopic (exact) mass is 338 g/mol. The van der Waals surface area contributed by atoms with E-state index in [0.717, 1.165) is 11.4 Å². The van der Waals surface area contributed by atoms with Crippen molar-refractivity contribution >= 4 is 35.0 Å². The molecular formula is C15H19ClN4OS. The third-order valence-corrected chi connectivity index (χ3v) is 4.50. The molecule has 0 saturated heterocycles. The molecule has 2 heterocycles. The Balaban J connectivity index is 2.31. The molecule has 2 aromatic heterocycles. The Morgan fingerprint density at radius 2 is 2.27 bits per heavy atom. The second-order valence-corrected chi connectivity index (χ2v) is 6.62. The van der Waals surface area contributed by atoms with Gasteiger partial charge in [0, 0.05) is 12.7 Å². The van der Waals surface area contributed by atoms with Crippen LogP contribution >= 0.6 is 23.4 Å². The number of rotatable bonds is 6. The van der Waals surface area contributed by atoms with Crippen LogP contribution in [0.2, 0.25) is 5.15 Å². The van der Waals surface area contributed by atoms with E-state index in [4.69, 9.17) is 11.6 Å². The molecule has 0 saturated carbocycles. The summed E-state index contributed by atoms with van der Waals surface area (Å²) < 4.78 is 1.64. The predicted molar refractivity (Wildman–Crippen MR) is 92.0 cm³/mol. The van der Waals surface area contributed by atoms with E-state index >= 15 is 0 Å². The van der Waals surface area contributed by atoms with Gasteiger partial charge in [-0.3, -0.25) is 9.78 Å². The number of amides is 1. The zero-order chi connectivity index (χ0) is 16.1. The van der Waals surface area contributed by atoms with Gasteiger partial charge in [0.1, 0.15) is 5.69 Å². The minimum atomic E-state index is -0.109. The van der Waals surface area contributed by atoms with Crippen molar-refractivity contribution in [1.82, 2.24) is 14.8 Å². The molecule has 118 valence electrons. The van der Waals surface area contributed by atoms with Crippen LogP contribution < -0.4 is 4.90 Å². The number of nitrogens with zero attached hydrogens (tertiary/aromatic N) is 4. The Morgan fingerprint density at radius 1 is 1.50 bits per heavy atom. The molecule has 1 amide bonds. The average Bonchev–Trinajstić information content (AvgIpc) is 2.91. The van der Waals surface area contributed by atoms with Crippen LogP contribution in [0.4, 0.5) is 5.69 Å². The Morgan fingerprint density at radius 3 is 2.86 bits per heavy atom. The summed E-state index contributed by atoms with van der Waals surface area (Å²) in [4.78, 5) is 18.3. The Hall–Kier alpha value is -1.53. The molecule has 5 nitrogen and oxygen atoms in total. The van der Waals surface area contributed by atoms with Crippen LogP contribution in [0.15, 0.2) is 30.7 Å². The van der Waals surface area contributed by atoms with Gasteiger partial charge in [-0.25, -0.2) is 4.68 Å². The van der Waals surface area contributed by atoms with Gasteiger partial charge >= 0.3 is 0 Å². The topological polar surface area (TPSA) is 51.0 Å². The number of hydrogen-bond donors (Lipinski definition) is 0. The lowest BCUT2D eigenvalue weighted by Crippen LogP contribution is -2.36. The molecular weight excluding hydrogens is 320 g/mol. The van der Waals surface area contributed by atoms with Crippen molar-refractivity contribution in [3.05, 3.63) is 35.9 Å². The van der Waals surface area contributed by atoms with Crippen molar-refractivity contribution in [3.8, 4) is 5.69 Å². The predicted octanol–water partition coefficient (Wildman–Crippen LogP) is 3.42. The molecule has 7 heteroatoms. The van der Waals surface area contributed by atoms with E-state index in [0.29, 0.717) is 17.4 Å². The van der Waals surface area contributed by atoms with E-state index in [1.165, 1.54) is 0 Å². The highest BCUT2D eigenvalue weighted by atomic mass is 35.5. The van der Waals surface area contributed by atoms with Crippen LogP contribution in [0, 0.1) is 0 Å². The standard InChI is InChI=1S/C15H19ClN4OS/c1-4-19(15(21)11(3)22-5-2)13-10-20(18-14(13)16)12-7-6-8-17-9-12/h6-11H,4-5H2,1-3H3. The zero-order valence-corrected chi connectivity index (χ0v) is 14.4. The van der Waals surface area contributed by atoms with E-state index in [-0.39, 0.29) is 11.2 Å². The first-order valence-corrected chi connectivity index (χ1v) is 8.59. The van der Waals surface area contributed by atoms with Crippen molar-refractivity contribution in [3.63, 3.8) is 0 Å². The van der Waals surface area contributed by atoms with Crippen LogP contribution in [0.5, 0.6) is 0 Å². The van der Waals surface area contributed by atoms with E-state index in [2.05, 4.69) is 10.1 Å². The lowest BCUT2D eigenvalue weighted by atomic mass is 10.3. The molecule has 0 spiro atoms. The maximum Gasteiger partial charge on any atom is 0.239 e. The summed E-state index contributed by atoms with van der Waals surface area (Å²) in [6.07, 6.45) is 5.16. The van der Waals surface area contributed by atoms with E-state index in [1.807, 2.05) is 32.9 Å². The summed E-state index contributed by atoms with van der Waals surface area (Å²) in [6.45, 7) is 6.43. The molecule has 22 heavy (non-hydrogen) atoms. The quantitative estimate of drug-likeness (QED) is 0.809.